The first-order valence-electron chi connectivity index (χ1n) is 10.1. The Hall–Kier alpha value is -2.57. The van der Waals surface area contributed by atoms with Gasteiger partial charge in [-0.15, -0.1) is 0 Å². The Morgan fingerprint density at radius 1 is 1.10 bits per heavy atom. The summed E-state index contributed by atoms with van der Waals surface area (Å²) in [5.74, 6) is 0.616. The van der Waals surface area contributed by atoms with Crippen LogP contribution in [0.4, 0.5) is 4.79 Å². The smallest absolute Gasteiger partial charge is 0.407 e. The first kappa shape index (κ1) is 21.1. The quantitative estimate of drug-likeness (QED) is 0.678. The molecule has 0 aromatic heterocycles. The lowest BCUT2D eigenvalue weighted by molar-refractivity contribution is 0.0802. The maximum atomic E-state index is 12.2. The van der Waals surface area contributed by atoms with Gasteiger partial charge in [0.05, 0.1) is 13.2 Å². The second-order valence-electron chi connectivity index (χ2n) is 7.43. The Morgan fingerprint density at radius 3 is 2.45 bits per heavy atom. The van der Waals surface area contributed by atoms with E-state index in [1.807, 2.05) is 54.6 Å². The highest BCUT2D eigenvalue weighted by Gasteiger charge is 2.26. The Kier molecular flexibility index (Phi) is 7.90. The lowest BCUT2D eigenvalue weighted by atomic mass is 9.95. The van der Waals surface area contributed by atoms with E-state index in [1.54, 1.807) is 7.11 Å². The molecule has 156 valence electrons. The van der Waals surface area contributed by atoms with E-state index in [4.69, 9.17) is 9.47 Å². The summed E-state index contributed by atoms with van der Waals surface area (Å²) in [5.41, 5.74) is 1.75. The number of rotatable bonds is 9. The third-order valence-electron chi connectivity index (χ3n) is 5.32. The summed E-state index contributed by atoms with van der Waals surface area (Å²) in [4.78, 5) is 14.5. The molecule has 6 heteroatoms. The zero-order valence-electron chi connectivity index (χ0n) is 16.9. The standard InChI is InChI=1S/C23H30N2O4/c1-28-21-11-9-19(10-12-21)22(26)20(16-25-13-5-6-14-25)15-24-23(27)29-17-18-7-3-2-4-8-18/h2-4,7-12,20,22,26H,5-6,13-17H2,1H3,(H,24,27). The fourth-order valence-electron chi connectivity index (χ4n) is 3.63. The van der Waals surface area contributed by atoms with E-state index in [1.165, 1.54) is 12.8 Å². The van der Waals surface area contributed by atoms with Gasteiger partial charge in [0, 0.05) is 19.0 Å². The van der Waals surface area contributed by atoms with Crippen molar-refractivity contribution in [2.24, 2.45) is 5.92 Å². The minimum absolute atomic E-state index is 0.134. The van der Waals surface area contributed by atoms with Crippen LogP contribution >= 0.6 is 0 Å². The Morgan fingerprint density at radius 2 is 1.79 bits per heavy atom. The van der Waals surface area contributed by atoms with Gasteiger partial charge in [-0.25, -0.2) is 4.79 Å². The first-order chi connectivity index (χ1) is 14.2. The van der Waals surface area contributed by atoms with Crippen molar-refractivity contribution in [1.29, 1.82) is 0 Å². The Bertz CT molecular complexity index is 745. The molecule has 1 aliphatic rings. The van der Waals surface area contributed by atoms with Crippen LogP contribution in [0.1, 0.15) is 30.1 Å². The van der Waals surface area contributed by atoms with E-state index in [0.29, 0.717) is 6.54 Å². The number of ether oxygens (including phenoxy) is 2. The van der Waals surface area contributed by atoms with Crippen molar-refractivity contribution in [2.45, 2.75) is 25.6 Å². The number of amides is 1. The number of aliphatic hydroxyl groups excluding tert-OH is 1. The van der Waals surface area contributed by atoms with Gasteiger partial charge in [0.15, 0.2) is 0 Å². The molecule has 29 heavy (non-hydrogen) atoms. The van der Waals surface area contributed by atoms with Crippen LogP contribution in [0.15, 0.2) is 54.6 Å². The van der Waals surface area contributed by atoms with Gasteiger partial charge in [-0.1, -0.05) is 42.5 Å². The van der Waals surface area contributed by atoms with Crippen LogP contribution < -0.4 is 10.1 Å². The van der Waals surface area contributed by atoms with Gasteiger partial charge in [-0.2, -0.15) is 0 Å². The molecule has 1 saturated heterocycles. The van der Waals surface area contributed by atoms with Gasteiger partial charge in [0.25, 0.3) is 0 Å². The van der Waals surface area contributed by atoms with E-state index in [2.05, 4.69) is 10.2 Å². The van der Waals surface area contributed by atoms with Crippen LogP contribution in [0.25, 0.3) is 0 Å². The number of hydrogen-bond acceptors (Lipinski definition) is 5. The number of methoxy groups -OCH3 is 1. The highest BCUT2D eigenvalue weighted by Crippen LogP contribution is 2.26. The van der Waals surface area contributed by atoms with Crippen molar-refractivity contribution in [1.82, 2.24) is 10.2 Å². The molecule has 3 rings (SSSR count). The summed E-state index contributed by atoms with van der Waals surface area (Å²) in [6.07, 6.45) is 1.20. The van der Waals surface area contributed by atoms with Gasteiger partial charge in [-0.05, 0) is 49.2 Å². The van der Waals surface area contributed by atoms with Gasteiger partial charge < -0.3 is 24.8 Å². The number of nitrogens with one attached hydrogen (secondary N) is 1. The fraction of sp³-hybridized carbons (Fsp3) is 0.435. The normalized spacial score (nSPS) is 16.2. The van der Waals surface area contributed by atoms with Crippen LogP contribution in [0.5, 0.6) is 5.75 Å². The van der Waals surface area contributed by atoms with E-state index >= 15 is 0 Å². The molecule has 0 aliphatic carbocycles. The minimum Gasteiger partial charge on any atom is -0.497 e. The van der Waals surface area contributed by atoms with Crippen molar-refractivity contribution in [3.8, 4) is 5.75 Å². The topological polar surface area (TPSA) is 71.0 Å². The molecular formula is C23H30N2O4. The third-order valence-corrected chi connectivity index (χ3v) is 5.32. The zero-order valence-corrected chi connectivity index (χ0v) is 16.9. The summed E-state index contributed by atoms with van der Waals surface area (Å²) < 4.78 is 10.5. The molecule has 2 N–H and O–H groups in total. The second-order valence-corrected chi connectivity index (χ2v) is 7.43. The first-order valence-corrected chi connectivity index (χ1v) is 10.1. The second kappa shape index (κ2) is 10.8. The van der Waals surface area contributed by atoms with E-state index in [0.717, 1.165) is 36.5 Å². The number of nitrogens with zero attached hydrogens (tertiary/aromatic N) is 1. The SMILES string of the molecule is COc1ccc(C(O)C(CNC(=O)OCc2ccccc2)CN2CCCC2)cc1. The van der Waals surface area contributed by atoms with Crippen LogP contribution in [0.2, 0.25) is 0 Å². The largest absolute Gasteiger partial charge is 0.497 e. The Labute approximate surface area is 172 Å². The lowest BCUT2D eigenvalue weighted by Gasteiger charge is -2.28. The lowest BCUT2D eigenvalue weighted by Crippen LogP contribution is -2.39. The monoisotopic (exact) mass is 398 g/mol. The molecular weight excluding hydrogens is 368 g/mol. The molecule has 0 radical (unpaired) electrons. The molecule has 0 spiro atoms. The number of likely N-dealkylation sites (tertiary alicyclic amines) is 1. The fourth-order valence-corrected chi connectivity index (χ4v) is 3.63. The van der Waals surface area contributed by atoms with Crippen LogP contribution in [0.3, 0.4) is 0 Å². The number of alkyl carbamates (subject to hydrolysis) is 1. The highest BCUT2D eigenvalue weighted by atomic mass is 16.5. The molecule has 6 nitrogen and oxygen atoms in total. The molecule has 2 aromatic rings. The summed E-state index contributed by atoms with van der Waals surface area (Å²) in [7, 11) is 1.62. The van der Waals surface area contributed by atoms with Crippen molar-refractivity contribution in [3.63, 3.8) is 0 Å². The van der Waals surface area contributed by atoms with E-state index in [9.17, 15) is 9.90 Å². The van der Waals surface area contributed by atoms with Crippen LogP contribution in [-0.4, -0.2) is 49.4 Å². The maximum Gasteiger partial charge on any atom is 0.407 e. The number of carbonyl (C=O) groups is 1. The average Bonchev–Trinajstić information content (AvgIpc) is 3.28. The molecule has 1 aliphatic heterocycles. The molecule has 1 fully saturated rings. The molecule has 2 unspecified atom stereocenters. The van der Waals surface area contributed by atoms with Crippen LogP contribution in [0, 0.1) is 5.92 Å². The van der Waals surface area contributed by atoms with Gasteiger partial charge in [0.2, 0.25) is 0 Å². The predicted octanol–water partition coefficient (Wildman–Crippen LogP) is 3.37. The van der Waals surface area contributed by atoms with Crippen molar-refractivity contribution in [2.75, 3.05) is 33.3 Å². The summed E-state index contributed by atoms with van der Waals surface area (Å²) in [6, 6.07) is 17.0. The maximum absolute atomic E-state index is 12.2. The molecule has 0 bridgehead atoms. The number of carbonyl (C=O) groups excluding carboxylic acids is 1. The van der Waals surface area contributed by atoms with Gasteiger partial charge >= 0.3 is 6.09 Å². The number of hydrogen-bond donors (Lipinski definition) is 2. The van der Waals surface area contributed by atoms with Gasteiger partial charge in [0.1, 0.15) is 12.4 Å². The highest BCUT2D eigenvalue weighted by molar-refractivity contribution is 5.67. The third kappa shape index (κ3) is 6.48. The average molecular weight is 399 g/mol. The minimum atomic E-state index is -0.684. The predicted molar refractivity (Wildman–Crippen MR) is 112 cm³/mol. The molecule has 1 amide bonds. The summed E-state index contributed by atoms with van der Waals surface area (Å²) in [5, 5.41) is 13.8. The molecule has 1 heterocycles. The number of benzene rings is 2. The molecule has 2 aromatic carbocycles. The van der Waals surface area contributed by atoms with E-state index in [-0.39, 0.29) is 12.5 Å². The Balaban J connectivity index is 1.57. The van der Waals surface area contributed by atoms with E-state index < -0.39 is 12.2 Å². The zero-order chi connectivity index (χ0) is 20.5. The summed E-state index contributed by atoms with van der Waals surface area (Å²) >= 11 is 0. The van der Waals surface area contributed by atoms with Gasteiger partial charge in [-0.3, -0.25) is 0 Å². The number of aliphatic hydroxyl groups is 1. The van der Waals surface area contributed by atoms with Crippen LogP contribution in [-0.2, 0) is 11.3 Å². The van der Waals surface area contributed by atoms with Crippen molar-refractivity contribution in [3.05, 3.63) is 65.7 Å². The summed E-state index contributed by atoms with van der Waals surface area (Å²) in [6.45, 7) is 3.36. The molecule has 0 saturated carbocycles. The molecule has 2 atom stereocenters. The van der Waals surface area contributed by atoms with Crippen molar-refractivity contribution >= 4 is 6.09 Å². The van der Waals surface area contributed by atoms with Crippen molar-refractivity contribution < 1.29 is 19.4 Å².